The Bertz CT molecular complexity index is 3820. The number of fused-ring (bicyclic) bond motifs is 12. The van der Waals surface area contributed by atoms with Crippen LogP contribution in [0, 0.1) is 0 Å². The van der Waals surface area contributed by atoms with E-state index in [2.05, 4.69) is 215 Å². The van der Waals surface area contributed by atoms with Crippen LogP contribution in [0.3, 0.4) is 0 Å². The van der Waals surface area contributed by atoms with E-state index in [0.717, 1.165) is 38.8 Å². The summed E-state index contributed by atoms with van der Waals surface area (Å²) in [6, 6.07) is 74.9. The lowest BCUT2D eigenvalue weighted by Gasteiger charge is -2.12. The Morgan fingerprint density at radius 3 is 1.80 bits per heavy atom. The van der Waals surface area contributed by atoms with Crippen molar-refractivity contribution in [3.05, 3.63) is 206 Å². The van der Waals surface area contributed by atoms with E-state index >= 15 is 0 Å². The van der Waals surface area contributed by atoms with Crippen LogP contribution in [-0.4, -0.2) is 9.13 Å². The van der Waals surface area contributed by atoms with Crippen molar-refractivity contribution in [2.24, 2.45) is 0 Å². The summed E-state index contributed by atoms with van der Waals surface area (Å²) in [7, 11) is 0. The Kier molecular flexibility index (Phi) is 6.72. The summed E-state index contributed by atoms with van der Waals surface area (Å²) in [5.41, 5.74) is 13.4. The Hall–Kier alpha value is -7.88. The van der Waals surface area contributed by atoms with Gasteiger partial charge in [-0.1, -0.05) is 146 Å². The van der Waals surface area contributed by atoms with Gasteiger partial charge in [-0.05, 0) is 98.4 Å². The third kappa shape index (κ3) is 4.70. The molecule has 0 N–H and O–H groups in total. The van der Waals surface area contributed by atoms with Gasteiger partial charge in [0.2, 0.25) is 0 Å². The van der Waals surface area contributed by atoms with Crippen LogP contribution >= 0.6 is 0 Å². The zero-order chi connectivity index (χ0) is 38.6. The van der Waals surface area contributed by atoms with Crippen LogP contribution in [-0.2, 0) is 0 Å². The van der Waals surface area contributed by atoms with E-state index in [1.807, 2.05) is 0 Å². The molecule has 3 heterocycles. The summed E-state index contributed by atoms with van der Waals surface area (Å²) in [6.07, 6.45) is 0. The van der Waals surface area contributed by atoms with Gasteiger partial charge in [0, 0.05) is 49.8 Å². The highest BCUT2D eigenvalue weighted by Crippen LogP contribution is 2.44. The van der Waals surface area contributed by atoms with Crippen molar-refractivity contribution in [1.29, 1.82) is 0 Å². The third-order valence-corrected chi connectivity index (χ3v) is 12.5. The SMILES string of the molecule is c1ccc(-c2cccc3oc4cc(-n5c6cc7c(cc6c6c8ccccc8ccc65)c5ccccc5n7-c5ccc(-c6cccc7ccccc67)cc5)ccc4c23)cc1. The van der Waals surface area contributed by atoms with Crippen LogP contribution in [0.4, 0.5) is 0 Å². The van der Waals surface area contributed by atoms with Gasteiger partial charge >= 0.3 is 0 Å². The Morgan fingerprint density at radius 2 is 0.932 bits per heavy atom. The first-order valence-corrected chi connectivity index (χ1v) is 20.3. The Morgan fingerprint density at radius 1 is 0.288 bits per heavy atom. The summed E-state index contributed by atoms with van der Waals surface area (Å²) < 4.78 is 11.6. The van der Waals surface area contributed by atoms with Gasteiger partial charge in [0.25, 0.3) is 0 Å². The molecule has 0 aliphatic heterocycles. The number of hydrogen-bond donors (Lipinski definition) is 0. The second-order valence-electron chi connectivity index (χ2n) is 15.7. The van der Waals surface area contributed by atoms with Crippen LogP contribution in [0.2, 0.25) is 0 Å². The van der Waals surface area contributed by atoms with Crippen LogP contribution < -0.4 is 0 Å². The molecule has 3 aromatic heterocycles. The van der Waals surface area contributed by atoms with Gasteiger partial charge in [0.05, 0.1) is 22.1 Å². The molecule has 0 saturated carbocycles. The van der Waals surface area contributed by atoms with Gasteiger partial charge in [-0.2, -0.15) is 0 Å². The van der Waals surface area contributed by atoms with Crippen molar-refractivity contribution in [1.82, 2.24) is 9.13 Å². The molecule has 0 amide bonds. The zero-order valence-corrected chi connectivity index (χ0v) is 31.9. The molecule has 59 heavy (non-hydrogen) atoms. The maximum Gasteiger partial charge on any atom is 0.137 e. The topological polar surface area (TPSA) is 23.0 Å². The molecule has 13 rings (SSSR count). The molecule has 0 aliphatic rings. The first-order chi connectivity index (χ1) is 29.3. The first-order valence-electron chi connectivity index (χ1n) is 20.3. The molecule has 0 atom stereocenters. The summed E-state index contributed by atoms with van der Waals surface area (Å²) >= 11 is 0. The van der Waals surface area contributed by atoms with Crippen LogP contribution in [0.1, 0.15) is 0 Å². The molecule has 0 unspecified atom stereocenters. The number of benzene rings is 10. The van der Waals surface area contributed by atoms with Crippen molar-refractivity contribution in [2.75, 3.05) is 0 Å². The lowest BCUT2D eigenvalue weighted by atomic mass is 9.98. The number of para-hydroxylation sites is 1. The molecule has 0 saturated heterocycles. The number of rotatable bonds is 4. The fourth-order valence-corrected chi connectivity index (χ4v) is 9.88. The lowest BCUT2D eigenvalue weighted by Crippen LogP contribution is -1.96. The van der Waals surface area contributed by atoms with Gasteiger partial charge in [-0.15, -0.1) is 0 Å². The number of hydrogen-bond acceptors (Lipinski definition) is 1. The average Bonchev–Trinajstić information content (AvgIpc) is 3.95. The third-order valence-electron chi connectivity index (χ3n) is 12.5. The second kappa shape index (κ2) is 12.3. The minimum Gasteiger partial charge on any atom is -0.456 e. The maximum absolute atomic E-state index is 6.68. The molecule has 3 nitrogen and oxygen atoms in total. The van der Waals surface area contributed by atoms with Gasteiger partial charge in [-0.25, -0.2) is 0 Å². The highest BCUT2D eigenvalue weighted by molar-refractivity contribution is 6.25. The number of aromatic nitrogens is 2. The molecule has 0 radical (unpaired) electrons. The molecular weight excluding hydrogens is 717 g/mol. The minimum absolute atomic E-state index is 0.873. The summed E-state index contributed by atoms with van der Waals surface area (Å²) in [5.74, 6) is 0. The predicted octanol–water partition coefficient (Wildman–Crippen LogP) is 15.4. The highest BCUT2D eigenvalue weighted by atomic mass is 16.3. The smallest absolute Gasteiger partial charge is 0.137 e. The van der Waals surface area contributed by atoms with E-state index in [1.54, 1.807) is 0 Å². The quantitative estimate of drug-likeness (QED) is 0.176. The molecule has 274 valence electrons. The van der Waals surface area contributed by atoms with Crippen LogP contribution in [0.25, 0.3) is 121 Å². The van der Waals surface area contributed by atoms with E-state index in [0.29, 0.717) is 0 Å². The van der Waals surface area contributed by atoms with Crippen LogP contribution in [0.15, 0.2) is 211 Å². The normalized spacial score (nSPS) is 12.1. The molecule has 3 heteroatoms. The van der Waals surface area contributed by atoms with E-state index in [9.17, 15) is 0 Å². The van der Waals surface area contributed by atoms with Crippen LogP contribution in [0.5, 0.6) is 0 Å². The van der Waals surface area contributed by atoms with E-state index in [4.69, 9.17) is 4.42 Å². The van der Waals surface area contributed by atoms with Crippen molar-refractivity contribution < 1.29 is 4.42 Å². The number of furan rings is 1. The van der Waals surface area contributed by atoms with Gasteiger partial charge in [0.15, 0.2) is 0 Å². The Balaban J connectivity index is 1.07. The molecule has 0 aliphatic carbocycles. The van der Waals surface area contributed by atoms with Crippen molar-refractivity contribution in [3.63, 3.8) is 0 Å². The first kappa shape index (κ1) is 32.2. The summed E-state index contributed by atoms with van der Waals surface area (Å²) in [4.78, 5) is 0. The second-order valence-corrected chi connectivity index (χ2v) is 15.7. The molecule has 0 bridgehead atoms. The zero-order valence-electron chi connectivity index (χ0n) is 31.9. The monoisotopic (exact) mass is 750 g/mol. The highest BCUT2D eigenvalue weighted by Gasteiger charge is 2.21. The van der Waals surface area contributed by atoms with Crippen molar-refractivity contribution in [3.8, 4) is 33.6 Å². The number of nitrogens with zero attached hydrogens (tertiary/aromatic N) is 2. The molecule has 0 fully saturated rings. The van der Waals surface area contributed by atoms with Crippen molar-refractivity contribution in [2.45, 2.75) is 0 Å². The average molecular weight is 751 g/mol. The Labute approximate surface area is 339 Å². The predicted molar refractivity (Wildman–Crippen MR) is 248 cm³/mol. The fraction of sp³-hybridized carbons (Fsp3) is 0. The van der Waals surface area contributed by atoms with E-state index < -0.39 is 0 Å². The largest absolute Gasteiger partial charge is 0.456 e. The summed E-state index contributed by atoms with van der Waals surface area (Å²) in [6.45, 7) is 0. The molecule has 13 aromatic rings. The van der Waals surface area contributed by atoms with Gasteiger partial charge in [-0.3, -0.25) is 0 Å². The molecular formula is C56H34N2O. The summed E-state index contributed by atoms with van der Waals surface area (Å²) in [5, 5.41) is 12.2. The minimum atomic E-state index is 0.873. The van der Waals surface area contributed by atoms with Gasteiger partial charge < -0.3 is 13.6 Å². The lowest BCUT2D eigenvalue weighted by molar-refractivity contribution is 0.668. The van der Waals surface area contributed by atoms with Crippen molar-refractivity contribution >= 4 is 87.1 Å². The fourth-order valence-electron chi connectivity index (χ4n) is 9.88. The molecule has 10 aromatic carbocycles. The standard InChI is InChI=1S/C56H34N2O/c1-2-12-36(13-3-1)44-21-11-23-53-56(44)46-30-29-40(32-54(46)59-53)58-50-31-26-37-15-5-7-18-43(37)55(50)48-33-47-45-19-8-9-22-49(45)57(51(47)34-52(48)58)39-27-24-38(25-28-39)42-20-10-16-35-14-4-6-17-41(35)42/h1-34H. The van der Waals surface area contributed by atoms with E-state index in [1.165, 1.54) is 81.9 Å². The van der Waals surface area contributed by atoms with E-state index in [-0.39, 0.29) is 0 Å². The molecule has 0 spiro atoms. The maximum atomic E-state index is 6.68. The van der Waals surface area contributed by atoms with Gasteiger partial charge in [0.1, 0.15) is 11.2 Å².